The minimum Gasteiger partial charge on any atom is -0.321 e. The molecule has 2 amide bonds. The van der Waals surface area contributed by atoms with Gasteiger partial charge in [-0.05, 0) is 49.7 Å². The summed E-state index contributed by atoms with van der Waals surface area (Å²) in [5.41, 5.74) is -1.22. The highest BCUT2D eigenvalue weighted by Gasteiger charge is 2.37. The van der Waals surface area contributed by atoms with Crippen LogP contribution in [-0.2, 0) is 24.6 Å². The number of carbonyl (C=O) groups is 2. The molecule has 0 unspecified atom stereocenters. The molecule has 0 fully saturated rings. The Kier molecular flexibility index (Phi) is 9.63. The van der Waals surface area contributed by atoms with Gasteiger partial charge in [0.25, 0.3) is 11.8 Å². The van der Waals surface area contributed by atoms with Crippen LogP contribution in [0.15, 0.2) is 90.6 Å². The van der Waals surface area contributed by atoms with Crippen LogP contribution < -0.4 is 10.6 Å². The fourth-order valence-electron chi connectivity index (χ4n) is 3.51. The van der Waals surface area contributed by atoms with Crippen molar-refractivity contribution in [3.8, 4) is 0 Å². The summed E-state index contributed by atoms with van der Waals surface area (Å²) in [4.78, 5) is 26.7. The Balaban J connectivity index is 2.21. The molecule has 0 bridgehead atoms. The van der Waals surface area contributed by atoms with E-state index in [0.29, 0.717) is 0 Å². The van der Waals surface area contributed by atoms with Gasteiger partial charge < -0.3 is 19.7 Å². The molecule has 0 aliphatic carbocycles. The second-order valence-electron chi connectivity index (χ2n) is 7.78. The standard InChI is InChI=1S/C27H26F3N2O5P/c1-3-36-38(35,37-4-2)24(19-12-7-5-8-13-19)23(32-25(33)20-14-9-6-10-15-20)26(34)31-22-17-11-16-21(18-22)27(28,29)30/h5-18H,3-4H2,1-2H3,(H,31,34)(H,32,33). The molecule has 0 aromatic heterocycles. The molecule has 3 aromatic rings. The smallest absolute Gasteiger partial charge is 0.321 e. The summed E-state index contributed by atoms with van der Waals surface area (Å²) in [6.07, 6.45) is -4.64. The average Bonchev–Trinajstić information content (AvgIpc) is 2.89. The van der Waals surface area contributed by atoms with Crippen molar-refractivity contribution >= 4 is 30.4 Å². The summed E-state index contributed by atoms with van der Waals surface area (Å²) in [5.74, 6) is -1.74. The largest absolute Gasteiger partial charge is 0.416 e. The summed E-state index contributed by atoms with van der Waals surface area (Å²) in [6.45, 7) is 3.06. The van der Waals surface area contributed by atoms with Crippen molar-refractivity contribution in [2.45, 2.75) is 20.0 Å². The van der Waals surface area contributed by atoms with Crippen molar-refractivity contribution in [3.05, 3.63) is 107 Å². The molecule has 11 heteroatoms. The Labute approximate surface area is 218 Å². The average molecular weight is 546 g/mol. The SMILES string of the molecule is CCOP(=O)(OCC)C(=C(NC(=O)c1ccccc1)C(=O)Nc1cccc(C(F)(F)F)c1)c1ccccc1. The number of halogens is 3. The van der Waals surface area contributed by atoms with Crippen LogP contribution in [0.3, 0.4) is 0 Å². The zero-order chi connectivity index (χ0) is 27.8. The van der Waals surface area contributed by atoms with Gasteiger partial charge in [-0.25, -0.2) is 0 Å². The predicted molar refractivity (Wildman–Crippen MR) is 138 cm³/mol. The Morgan fingerprint density at radius 3 is 1.89 bits per heavy atom. The van der Waals surface area contributed by atoms with Gasteiger partial charge in [-0.2, -0.15) is 13.2 Å². The van der Waals surface area contributed by atoms with E-state index >= 15 is 0 Å². The molecule has 0 spiro atoms. The Bertz CT molecular complexity index is 1340. The fourth-order valence-corrected chi connectivity index (χ4v) is 5.42. The van der Waals surface area contributed by atoms with Crippen LogP contribution in [0.4, 0.5) is 18.9 Å². The molecule has 0 heterocycles. The van der Waals surface area contributed by atoms with Crippen molar-refractivity contribution < 1.29 is 36.4 Å². The number of hydrogen-bond donors (Lipinski definition) is 2. The molecule has 200 valence electrons. The lowest BCUT2D eigenvalue weighted by molar-refractivity contribution is -0.137. The molecule has 0 saturated heterocycles. The van der Waals surface area contributed by atoms with Crippen LogP contribution >= 0.6 is 7.60 Å². The highest BCUT2D eigenvalue weighted by molar-refractivity contribution is 7.65. The molecular weight excluding hydrogens is 520 g/mol. The van der Waals surface area contributed by atoms with E-state index in [2.05, 4.69) is 10.6 Å². The van der Waals surface area contributed by atoms with E-state index in [9.17, 15) is 27.3 Å². The zero-order valence-electron chi connectivity index (χ0n) is 20.6. The van der Waals surface area contributed by atoms with Crippen molar-refractivity contribution in [1.29, 1.82) is 0 Å². The third kappa shape index (κ3) is 7.19. The lowest BCUT2D eigenvalue weighted by Crippen LogP contribution is -2.32. The second-order valence-corrected chi connectivity index (χ2v) is 9.73. The van der Waals surface area contributed by atoms with E-state index in [0.717, 1.165) is 18.2 Å². The maximum Gasteiger partial charge on any atom is 0.416 e. The Morgan fingerprint density at radius 1 is 0.816 bits per heavy atom. The predicted octanol–water partition coefficient (Wildman–Crippen LogP) is 6.71. The molecule has 0 aliphatic heterocycles. The minimum atomic E-state index is -4.64. The number of rotatable bonds is 10. The summed E-state index contributed by atoms with van der Waals surface area (Å²) in [6, 6.07) is 20.0. The van der Waals surface area contributed by atoms with Gasteiger partial charge in [0.2, 0.25) is 0 Å². The third-order valence-electron chi connectivity index (χ3n) is 5.11. The number of hydrogen-bond acceptors (Lipinski definition) is 5. The highest BCUT2D eigenvalue weighted by Crippen LogP contribution is 2.61. The van der Waals surface area contributed by atoms with Crippen LogP contribution in [0, 0.1) is 0 Å². The van der Waals surface area contributed by atoms with Crippen molar-refractivity contribution in [2.24, 2.45) is 0 Å². The molecule has 3 rings (SSSR count). The zero-order valence-corrected chi connectivity index (χ0v) is 21.5. The summed E-state index contributed by atoms with van der Waals surface area (Å²) >= 11 is 0. The van der Waals surface area contributed by atoms with Gasteiger partial charge in [0.05, 0.1) is 18.8 Å². The molecule has 0 aliphatic rings. The highest BCUT2D eigenvalue weighted by atomic mass is 31.2. The van der Waals surface area contributed by atoms with E-state index < -0.39 is 36.8 Å². The van der Waals surface area contributed by atoms with Gasteiger partial charge in [-0.15, -0.1) is 0 Å². The number of anilines is 1. The van der Waals surface area contributed by atoms with Gasteiger partial charge in [-0.3, -0.25) is 14.2 Å². The first kappa shape index (κ1) is 28.8. The topological polar surface area (TPSA) is 93.7 Å². The van der Waals surface area contributed by atoms with Crippen molar-refractivity contribution in [1.82, 2.24) is 5.32 Å². The third-order valence-corrected chi connectivity index (χ3v) is 7.33. The molecule has 7 nitrogen and oxygen atoms in total. The van der Waals surface area contributed by atoms with Crippen LogP contribution in [0.1, 0.15) is 35.3 Å². The van der Waals surface area contributed by atoms with Gasteiger partial charge in [0, 0.05) is 11.3 Å². The quantitative estimate of drug-likeness (QED) is 0.218. The van der Waals surface area contributed by atoms with Gasteiger partial charge in [0.15, 0.2) is 0 Å². The van der Waals surface area contributed by atoms with Crippen molar-refractivity contribution in [3.63, 3.8) is 0 Å². The van der Waals surface area contributed by atoms with Gasteiger partial charge >= 0.3 is 13.8 Å². The molecule has 2 N–H and O–H groups in total. The summed E-state index contributed by atoms with van der Waals surface area (Å²) in [5, 5.41) is 4.63. The normalized spacial score (nSPS) is 12.4. The monoisotopic (exact) mass is 546 g/mol. The Hall–Kier alpha value is -3.72. The first-order chi connectivity index (χ1) is 18.1. The number of amides is 2. The molecule has 0 saturated carbocycles. The summed E-state index contributed by atoms with van der Waals surface area (Å²) in [7, 11) is -4.23. The Morgan fingerprint density at radius 2 is 1.37 bits per heavy atom. The maximum absolute atomic E-state index is 14.0. The van der Waals surface area contributed by atoms with Crippen LogP contribution in [0.2, 0.25) is 0 Å². The number of alkyl halides is 3. The van der Waals surface area contributed by atoms with E-state index in [1.54, 1.807) is 62.4 Å². The first-order valence-corrected chi connectivity index (χ1v) is 13.2. The van der Waals surface area contributed by atoms with Crippen LogP contribution in [0.5, 0.6) is 0 Å². The molecular formula is C27H26F3N2O5P. The van der Waals surface area contributed by atoms with E-state index in [-0.39, 0.29) is 35.3 Å². The second kappa shape index (κ2) is 12.7. The van der Waals surface area contributed by atoms with Crippen molar-refractivity contribution in [2.75, 3.05) is 18.5 Å². The molecule has 0 atom stereocenters. The minimum absolute atomic E-state index is 0.0528. The molecule has 38 heavy (non-hydrogen) atoms. The fraction of sp³-hybridized carbons (Fsp3) is 0.185. The lowest BCUT2D eigenvalue weighted by atomic mass is 10.1. The number of benzene rings is 3. The number of nitrogens with one attached hydrogen (secondary N) is 2. The lowest BCUT2D eigenvalue weighted by Gasteiger charge is -2.24. The first-order valence-electron chi connectivity index (χ1n) is 11.6. The molecule has 0 radical (unpaired) electrons. The van der Waals surface area contributed by atoms with E-state index in [4.69, 9.17) is 9.05 Å². The van der Waals surface area contributed by atoms with Crippen LogP contribution in [-0.4, -0.2) is 25.0 Å². The van der Waals surface area contributed by atoms with Gasteiger partial charge in [0.1, 0.15) is 11.0 Å². The van der Waals surface area contributed by atoms with Crippen LogP contribution in [0.25, 0.3) is 5.31 Å². The van der Waals surface area contributed by atoms with E-state index in [1.165, 1.54) is 18.2 Å². The van der Waals surface area contributed by atoms with Gasteiger partial charge in [-0.1, -0.05) is 54.6 Å². The maximum atomic E-state index is 14.0. The molecule has 3 aromatic carbocycles. The van der Waals surface area contributed by atoms with E-state index in [1.807, 2.05) is 0 Å². The number of carbonyl (C=O) groups excluding carboxylic acids is 2. The summed E-state index contributed by atoms with van der Waals surface area (Å²) < 4.78 is 64.8.